The van der Waals surface area contributed by atoms with E-state index in [9.17, 15) is 34.9 Å². The van der Waals surface area contributed by atoms with Gasteiger partial charge < -0.3 is 15.2 Å². The first kappa shape index (κ1) is 22.7. The van der Waals surface area contributed by atoms with E-state index in [0.29, 0.717) is 17.5 Å². The molecule has 31 heavy (non-hydrogen) atoms. The fourth-order valence-electron chi connectivity index (χ4n) is 2.32. The summed E-state index contributed by atoms with van der Waals surface area (Å²) < 4.78 is 5.01. The molecule has 0 aromatic heterocycles. The van der Waals surface area contributed by atoms with Gasteiger partial charge >= 0.3 is 5.69 Å². The van der Waals surface area contributed by atoms with Crippen LogP contribution in [0, 0.1) is 20.2 Å². The normalized spacial score (nSPS) is 10.5. The van der Waals surface area contributed by atoms with Crippen molar-refractivity contribution in [3.8, 4) is 11.5 Å². The number of nitro benzene ring substituents is 2. The predicted octanol–water partition coefficient (Wildman–Crippen LogP) is 2.09. The number of hydrazone groups is 1. The van der Waals surface area contributed by atoms with Gasteiger partial charge in [-0.05, 0) is 24.3 Å². The minimum absolute atomic E-state index is 0.152. The summed E-state index contributed by atoms with van der Waals surface area (Å²) in [6, 6.07) is 8.04. The zero-order valence-corrected chi connectivity index (χ0v) is 16.1. The summed E-state index contributed by atoms with van der Waals surface area (Å²) in [6.45, 7) is 0. The highest BCUT2D eigenvalue weighted by Gasteiger charge is 2.23. The van der Waals surface area contributed by atoms with Crippen molar-refractivity contribution < 1.29 is 29.3 Å². The molecule has 3 N–H and O–H groups in total. The molecule has 2 aromatic rings. The van der Waals surface area contributed by atoms with Crippen LogP contribution in [0.1, 0.15) is 18.4 Å². The van der Waals surface area contributed by atoms with E-state index in [1.807, 2.05) is 0 Å². The standard InChI is InChI=1S/C18H17N5O8/c1-31-14-4-2-12(3-5-14)20-16(24)6-7-17(25)21-19-10-11-8-13(22(27)28)9-15(18(11)26)23(29)30/h2-5,8-10,26H,6-7H2,1H3,(H,20,24)(H,21,25)/b19-10-. The highest BCUT2D eigenvalue weighted by molar-refractivity contribution is 5.93. The van der Waals surface area contributed by atoms with Crippen LogP contribution in [0.4, 0.5) is 17.1 Å². The highest BCUT2D eigenvalue weighted by Crippen LogP contribution is 2.33. The van der Waals surface area contributed by atoms with Crippen molar-refractivity contribution in [3.05, 3.63) is 62.2 Å². The molecule has 0 saturated heterocycles. The summed E-state index contributed by atoms with van der Waals surface area (Å²) in [5.41, 5.74) is 0.749. The van der Waals surface area contributed by atoms with E-state index >= 15 is 0 Å². The molecule has 2 amide bonds. The van der Waals surface area contributed by atoms with E-state index in [1.165, 1.54) is 7.11 Å². The maximum absolute atomic E-state index is 11.9. The first-order valence-electron chi connectivity index (χ1n) is 8.63. The Morgan fingerprint density at radius 3 is 2.32 bits per heavy atom. The van der Waals surface area contributed by atoms with Crippen LogP contribution in [0.2, 0.25) is 0 Å². The van der Waals surface area contributed by atoms with E-state index in [4.69, 9.17) is 4.74 Å². The summed E-state index contributed by atoms with van der Waals surface area (Å²) in [6.07, 6.45) is 0.450. The summed E-state index contributed by atoms with van der Waals surface area (Å²) in [4.78, 5) is 43.6. The van der Waals surface area contributed by atoms with Gasteiger partial charge in [0.25, 0.3) is 5.69 Å². The van der Waals surface area contributed by atoms with Crippen molar-refractivity contribution in [2.24, 2.45) is 5.10 Å². The van der Waals surface area contributed by atoms with Crippen LogP contribution >= 0.6 is 0 Å². The summed E-state index contributed by atoms with van der Waals surface area (Å²) in [7, 11) is 1.51. The molecule has 2 aromatic carbocycles. The molecule has 0 radical (unpaired) electrons. The lowest BCUT2D eigenvalue weighted by Crippen LogP contribution is -2.20. The number of carbonyl (C=O) groups excluding carboxylic acids is 2. The maximum Gasteiger partial charge on any atom is 0.318 e. The van der Waals surface area contributed by atoms with E-state index in [-0.39, 0.29) is 18.4 Å². The lowest BCUT2D eigenvalue weighted by molar-refractivity contribution is -0.394. The van der Waals surface area contributed by atoms with Gasteiger partial charge in [0, 0.05) is 24.6 Å². The van der Waals surface area contributed by atoms with Crippen LogP contribution in [0.15, 0.2) is 41.5 Å². The minimum Gasteiger partial charge on any atom is -0.502 e. The van der Waals surface area contributed by atoms with Crippen molar-refractivity contribution in [2.45, 2.75) is 12.8 Å². The zero-order chi connectivity index (χ0) is 23.0. The number of anilines is 1. The number of nitrogens with one attached hydrogen (secondary N) is 2. The van der Waals surface area contributed by atoms with Gasteiger partial charge in [0.1, 0.15) is 5.75 Å². The average molecular weight is 431 g/mol. The molecule has 0 aliphatic rings. The Morgan fingerprint density at radius 2 is 1.74 bits per heavy atom. The number of aromatic hydroxyl groups is 1. The average Bonchev–Trinajstić information content (AvgIpc) is 2.73. The molecule has 0 saturated carbocycles. The van der Waals surface area contributed by atoms with Gasteiger partial charge in [-0.15, -0.1) is 0 Å². The number of ether oxygens (including phenoxy) is 1. The third-order valence-corrected chi connectivity index (χ3v) is 3.86. The molecule has 0 bridgehead atoms. The second-order valence-electron chi connectivity index (χ2n) is 5.99. The van der Waals surface area contributed by atoms with Gasteiger partial charge in [0.05, 0.1) is 34.8 Å². The fourth-order valence-corrected chi connectivity index (χ4v) is 2.32. The molecule has 162 valence electrons. The molecule has 0 heterocycles. The molecule has 0 fully saturated rings. The molecule has 13 heteroatoms. The van der Waals surface area contributed by atoms with E-state index in [0.717, 1.165) is 12.3 Å². The smallest absolute Gasteiger partial charge is 0.318 e. The number of nitrogens with zero attached hydrogens (tertiary/aromatic N) is 3. The van der Waals surface area contributed by atoms with Crippen LogP contribution in [0.3, 0.4) is 0 Å². The van der Waals surface area contributed by atoms with Crippen LogP contribution in [-0.2, 0) is 9.59 Å². The third kappa shape index (κ3) is 6.49. The van der Waals surface area contributed by atoms with Crippen molar-refractivity contribution in [3.63, 3.8) is 0 Å². The Kier molecular flexibility index (Phi) is 7.55. The number of methoxy groups -OCH3 is 1. The van der Waals surface area contributed by atoms with Crippen LogP contribution < -0.4 is 15.5 Å². The molecule has 0 spiro atoms. The molecule has 2 rings (SSSR count). The Labute approximate surface area is 174 Å². The number of amides is 2. The number of non-ortho nitro benzene ring substituents is 1. The van der Waals surface area contributed by atoms with Crippen LogP contribution in [0.25, 0.3) is 0 Å². The van der Waals surface area contributed by atoms with Gasteiger partial charge in [-0.2, -0.15) is 5.10 Å². The van der Waals surface area contributed by atoms with Gasteiger partial charge in [-0.1, -0.05) is 0 Å². The monoisotopic (exact) mass is 431 g/mol. The van der Waals surface area contributed by atoms with Crippen molar-refractivity contribution in [2.75, 3.05) is 12.4 Å². The van der Waals surface area contributed by atoms with Crippen LogP contribution in [-0.4, -0.2) is 40.1 Å². The molecule has 0 unspecified atom stereocenters. The summed E-state index contributed by atoms with van der Waals surface area (Å²) >= 11 is 0. The zero-order valence-electron chi connectivity index (χ0n) is 16.1. The van der Waals surface area contributed by atoms with E-state index in [1.54, 1.807) is 24.3 Å². The fraction of sp³-hybridized carbons (Fsp3) is 0.167. The quantitative estimate of drug-likeness (QED) is 0.306. The van der Waals surface area contributed by atoms with E-state index in [2.05, 4.69) is 15.8 Å². The number of phenols is 1. The number of rotatable bonds is 9. The van der Waals surface area contributed by atoms with Crippen molar-refractivity contribution in [1.29, 1.82) is 0 Å². The first-order valence-corrected chi connectivity index (χ1v) is 8.63. The molecule has 13 nitrogen and oxygen atoms in total. The van der Waals surface area contributed by atoms with Gasteiger partial charge in [0.15, 0.2) is 0 Å². The predicted molar refractivity (Wildman–Crippen MR) is 108 cm³/mol. The van der Waals surface area contributed by atoms with Gasteiger partial charge in [0.2, 0.25) is 17.6 Å². The number of carbonyl (C=O) groups is 2. The number of nitro groups is 2. The van der Waals surface area contributed by atoms with Gasteiger partial charge in [-0.3, -0.25) is 29.8 Å². The van der Waals surface area contributed by atoms with Crippen molar-refractivity contribution >= 4 is 35.1 Å². The highest BCUT2D eigenvalue weighted by atomic mass is 16.6. The number of hydrogen-bond donors (Lipinski definition) is 3. The second kappa shape index (κ2) is 10.3. The van der Waals surface area contributed by atoms with Crippen LogP contribution in [0.5, 0.6) is 11.5 Å². The molecular formula is C18H17N5O8. The maximum atomic E-state index is 11.9. The van der Waals surface area contributed by atoms with E-state index < -0.39 is 38.8 Å². The summed E-state index contributed by atoms with van der Waals surface area (Å²) in [5.74, 6) is -1.29. The Morgan fingerprint density at radius 1 is 1.10 bits per heavy atom. The molecular weight excluding hydrogens is 414 g/mol. The first-order chi connectivity index (χ1) is 14.7. The summed E-state index contributed by atoms with van der Waals surface area (Å²) in [5, 5.41) is 37.7. The minimum atomic E-state index is -0.986. The van der Waals surface area contributed by atoms with Crippen molar-refractivity contribution in [1.82, 2.24) is 5.43 Å². The topological polar surface area (TPSA) is 186 Å². The third-order valence-electron chi connectivity index (χ3n) is 3.86. The van der Waals surface area contributed by atoms with Gasteiger partial charge in [-0.25, -0.2) is 5.43 Å². The lowest BCUT2D eigenvalue weighted by atomic mass is 10.1. The molecule has 0 atom stereocenters. The number of phenolic OH excluding ortho intramolecular Hbond substituents is 1. The Hall–Kier alpha value is -4.55. The number of hydrogen-bond acceptors (Lipinski definition) is 9. The molecule has 0 aliphatic heterocycles. The Balaban J connectivity index is 1.92. The number of benzene rings is 2. The Bertz CT molecular complexity index is 1040. The lowest BCUT2D eigenvalue weighted by Gasteiger charge is -2.06. The largest absolute Gasteiger partial charge is 0.502 e. The molecule has 0 aliphatic carbocycles. The SMILES string of the molecule is COc1ccc(NC(=O)CCC(=O)N/N=C\c2cc([N+](=O)[O-])cc([N+](=O)[O-])c2O)cc1. The second-order valence-corrected chi connectivity index (χ2v) is 5.99.